The Morgan fingerprint density at radius 1 is 1.26 bits per heavy atom. The smallest absolute Gasteiger partial charge is 0.132 e. The van der Waals surface area contributed by atoms with Gasteiger partial charge in [-0.2, -0.15) is 0 Å². The minimum atomic E-state index is -0.166. The lowest BCUT2D eigenvalue weighted by Gasteiger charge is -2.30. The number of anilines is 2. The van der Waals surface area contributed by atoms with Crippen molar-refractivity contribution in [3.63, 3.8) is 0 Å². The Bertz CT molecular complexity index is 858. The van der Waals surface area contributed by atoms with Crippen LogP contribution in [0.5, 0.6) is 0 Å². The van der Waals surface area contributed by atoms with Crippen molar-refractivity contribution in [2.24, 2.45) is 0 Å². The maximum Gasteiger partial charge on any atom is 0.132 e. The van der Waals surface area contributed by atoms with Crippen LogP contribution in [0.3, 0.4) is 0 Å². The van der Waals surface area contributed by atoms with Gasteiger partial charge in [0.15, 0.2) is 0 Å². The number of aliphatic hydroxyl groups excluding tert-OH is 2. The molecule has 2 aromatic rings. The molecule has 0 radical (unpaired) electrons. The van der Waals surface area contributed by atoms with E-state index in [9.17, 15) is 10.2 Å². The van der Waals surface area contributed by atoms with Gasteiger partial charge in [-0.1, -0.05) is 0 Å². The summed E-state index contributed by atoms with van der Waals surface area (Å²) in [4.78, 5) is 11.1. The molecule has 0 saturated heterocycles. The van der Waals surface area contributed by atoms with Crippen molar-refractivity contribution in [2.45, 2.75) is 39.5 Å². The van der Waals surface area contributed by atoms with Crippen LogP contribution in [0.1, 0.15) is 37.5 Å². The van der Waals surface area contributed by atoms with Gasteiger partial charge in [0.25, 0.3) is 0 Å². The Kier molecular flexibility index (Phi) is 5.34. The fourth-order valence-electron chi connectivity index (χ4n) is 3.02. The van der Waals surface area contributed by atoms with Gasteiger partial charge in [-0.05, 0) is 44.5 Å². The van der Waals surface area contributed by atoms with Gasteiger partial charge in [-0.15, -0.1) is 0 Å². The molecule has 1 aliphatic heterocycles. The van der Waals surface area contributed by atoms with E-state index in [1.54, 1.807) is 6.20 Å². The summed E-state index contributed by atoms with van der Waals surface area (Å²) >= 11 is 0. The van der Waals surface area contributed by atoms with E-state index in [1.165, 1.54) is 0 Å². The molecular weight excluding hydrogens is 342 g/mol. The number of hydrogen-bond donors (Lipinski definition) is 4. The minimum Gasteiger partial charge on any atom is -0.395 e. The molecule has 0 unspecified atom stereocenters. The second kappa shape index (κ2) is 7.54. The lowest BCUT2D eigenvalue weighted by Crippen LogP contribution is -2.30. The number of nitrogens with zero attached hydrogens (tertiary/aromatic N) is 3. The summed E-state index contributed by atoms with van der Waals surface area (Å²) in [7, 11) is 0. The standard InChI is InChI=1S/C20H27N5O2/c1-20(2,3)24-19-16-11-25(6-7-26)5-4-13(16)9-17(23-19)14-8-15(12-27)18(21)22-10-14/h4-5,8-10,26-27H,6-7,11-12H2,1-3H3,(H2,21,22)(H,23,24). The van der Waals surface area contributed by atoms with E-state index in [0.29, 0.717) is 24.5 Å². The molecular formula is C20H27N5O2. The zero-order valence-electron chi connectivity index (χ0n) is 16.0. The average Bonchev–Trinajstić information content (AvgIpc) is 2.61. The van der Waals surface area contributed by atoms with Gasteiger partial charge in [0, 0.05) is 47.7 Å². The fourth-order valence-corrected chi connectivity index (χ4v) is 3.02. The summed E-state index contributed by atoms with van der Waals surface area (Å²) in [6.07, 6.45) is 5.70. The van der Waals surface area contributed by atoms with E-state index < -0.39 is 0 Å². The fraction of sp³-hybridized carbons (Fsp3) is 0.400. The monoisotopic (exact) mass is 369 g/mol. The molecule has 0 aromatic carbocycles. The summed E-state index contributed by atoms with van der Waals surface area (Å²) < 4.78 is 0. The van der Waals surface area contributed by atoms with Crippen molar-refractivity contribution >= 4 is 17.7 Å². The van der Waals surface area contributed by atoms with Gasteiger partial charge >= 0.3 is 0 Å². The number of nitrogen functional groups attached to an aromatic ring is 1. The third kappa shape index (κ3) is 4.37. The van der Waals surface area contributed by atoms with Crippen LogP contribution in [0, 0.1) is 0 Å². The summed E-state index contributed by atoms with van der Waals surface area (Å²) in [5, 5.41) is 22.2. The second-order valence-corrected chi connectivity index (χ2v) is 7.74. The highest BCUT2D eigenvalue weighted by Gasteiger charge is 2.21. The normalized spacial score (nSPS) is 13.6. The Morgan fingerprint density at radius 3 is 2.70 bits per heavy atom. The lowest BCUT2D eigenvalue weighted by atomic mass is 10.00. The van der Waals surface area contributed by atoms with E-state index in [4.69, 9.17) is 10.7 Å². The number of β-amino-alcohol motifs (C(OH)–C–C–N with tert-alkyl or cyclic N) is 1. The molecule has 3 rings (SSSR count). The van der Waals surface area contributed by atoms with E-state index in [2.05, 4.69) is 36.0 Å². The van der Waals surface area contributed by atoms with E-state index >= 15 is 0 Å². The molecule has 3 heterocycles. The van der Waals surface area contributed by atoms with Crippen LogP contribution in [-0.4, -0.2) is 43.8 Å². The zero-order chi connectivity index (χ0) is 19.6. The SMILES string of the molecule is CC(C)(C)Nc1nc(-c2cnc(N)c(CO)c2)cc2c1CN(CCO)C=C2. The molecule has 0 aliphatic carbocycles. The largest absolute Gasteiger partial charge is 0.395 e. The highest BCUT2D eigenvalue weighted by molar-refractivity contribution is 5.72. The number of nitrogens with two attached hydrogens (primary N) is 1. The van der Waals surface area contributed by atoms with E-state index in [-0.39, 0.29) is 18.8 Å². The summed E-state index contributed by atoms with van der Waals surface area (Å²) in [5.74, 6) is 1.14. The number of nitrogens with one attached hydrogen (secondary N) is 1. The molecule has 0 spiro atoms. The molecule has 0 saturated carbocycles. The zero-order valence-corrected chi connectivity index (χ0v) is 16.0. The molecule has 144 valence electrons. The first-order valence-electron chi connectivity index (χ1n) is 9.01. The van der Waals surface area contributed by atoms with Crippen molar-refractivity contribution in [3.8, 4) is 11.3 Å². The molecule has 1 aliphatic rings. The predicted octanol–water partition coefficient (Wildman–Crippen LogP) is 2.21. The molecule has 0 amide bonds. The first kappa shape index (κ1) is 19.1. The Hall–Kier alpha value is -2.64. The van der Waals surface area contributed by atoms with E-state index in [1.807, 2.05) is 24.4 Å². The summed E-state index contributed by atoms with van der Waals surface area (Å²) in [6.45, 7) is 7.47. The van der Waals surface area contributed by atoms with Crippen LogP contribution in [0.2, 0.25) is 0 Å². The van der Waals surface area contributed by atoms with E-state index in [0.717, 1.165) is 28.2 Å². The van der Waals surface area contributed by atoms with Crippen molar-refractivity contribution in [1.29, 1.82) is 0 Å². The van der Waals surface area contributed by atoms with Crippen LogP contribution < -0.4 is 11.1 Å². The van der Waals surface area contributed by atoms with Gasteiger partial charge in [0.1, 0.15) is 11.6 Å². The van der Waals surface area contributed by atoms with Gasteiger partial charge < -0.3 is 26.2 Å². The third-order valence-corrected chi connectivity index (χ3v) is 4.33. The molecule has 27 heavy (non-hydrogen) atoms. The van der Waals surface area contributed by atoms with Crippen LogP contribution in [0.15, 0.2) is 24.5 Å². The molecule has 5 N–H and O–H groups in total. The topological polar surface area (TPSA) is 108 Å². The number of aromatic nitrogens is 2. The molecule has 7 heteroatoms. The molecule has 0 bridgehead atoms. The van der Waals surface area contributed by atoms with Crippen molar-refractivity contribution < 1.29 is 10.2 Å². The summed E-state index contributed by atoms with van der Waals surface area (Å²) in [6, 6.07) is 3.84. The Balaban J connectivity index is 2.09. The maximum absolute atomic E-state index is 9.48. The Morgan fingerprint density at radius 2 is 2.04 bits per heavy atom. The first-order chi connectivity index (χ1) is 12.8. The van der Waals surface area contributed by atoms with Crippen molar-refractivity contribution in [2.75, 3.05) is 24.2 Å². The number of hydrogen-bond acceptors (Lipinski definition) is 7. The first-order valence-corrected chi connectivity index (χ1v) is 9.01. The molecule has 0 atom stereocenters. The van der Waals surface area contributed by atoms with Crippen LogP contribution >= 0.6 is 0 Å². The van der Waals surface area contributed by atoms with Crippen LogP contribution in [0.4, 0.5) is 11.6 Å². The summed E-state index contributed by atoms with van der Waals surface area (Å²) in [5.41, 5.74) is 9.97. The maximum atomic E-state index is 9.48. The van der Waals surface area contributed by atoms with Gasteiger partial charge in [0.05, 0.1) is 18.9 Å². The van der Waals surface area contributed by atoms with Gasteiger partial charge in [-0.3, -0.25) is 0 Å². The predicted molar refractivity (Wildman–Crippen MR) is 108 cm³/mol. The van der Waals surface area contributed by atoms with Crippen molar-refractivity contribution in [3.05, 3.63) is 41.2 Å². The van der Waals surface area contributed by atoms with Gasteiger partial charge in [0.2, 0.25) is 0 Å². The number of aliphatic hydroxyl groups is 2. The number of fused-ring (bicyclic) bond motifs is 1. The third-order valence-electron chi connectivity index (χ3n) is 4.33. The quantitative estimate of drug-likeness (QED) is 0.640. The average molecular weight is 369 g/mol. The highest BCUT2D eigenvalue weighted by Crippen LogP contribution is 2.32. The lowest BCUT2D eigenvalue weighted by molar-refractivity contribution is 0.232. The molecule has 2 aromatic heterocycles. The Labute approximate surface area is 159 Å². The number of rotatable bonds is 5. The van der Waals surface area contributed by atoms with Crippen molar-refractivity contribution in [1.82, 2.24) is 14.9 Å². The highest BCUT2D eigenvalue weighted by atomic mass is 16.3. The number of pyridine rings is 2. The molecule has 0 fully saturated rings. The van der Waals surface area contributed by atoms with Gasteiger partial charge in [-0.25, -0.2) is 9.97 Å². The van der Waals surface area contributed by atoms with Crippen LogP contribution in [0.25, 0.3) is 17.3 Å². The second-order valence-electron chi connectivity index (χ2n) is 7.74. The minimum absolute atomic E-state index is 0.105. The molecule has 7 nitrogen and oxygen atoms in total. The van der Waals surface area contributed by atoms with Crippen LogP contribution in [-0.2, 0) is 13.2 Å².